The van der Waals surface area contributed by atoms with Gasteiger partial charge in [0.1, 0.15) is 39.8 Å². The first-order chi connectivity index (χ1) is 8.79. The smallest absolute Gasteiger partial charge is 0.232 e. The molecule has 0 spiro atoms. The molecule has 0 atom stereocenters. The third-order valence-electron chi connectivity index (χ3n) is 3.14. The molecule has 0 aromatic heterocycles. The molecule has 0 radical (unpaired) electrons. The Morgan fingerprint density at radius 3 is 2.53 bits per heavy atom. The van der Waals surface area contributed by atoms with Gasteiger partial charge in [0, 0.05) is 5.56 Å². The maximum Gasteiger partial charge on any atom is 0.232 e. The van der Waals surface area contributed by atoms with Gasteiger partial charge < -0.3 is 27.4 Å². The zero-order chi connectivity index (χ0) is 12.8. The summed E-state index contributed by atoms with van der Waals surface area (Å²) in [6.45, 7) is 4.30. The Balaban J connectivity index is 0.00000180. The molecule has 1 saturated heterocycles. The van der Waals surface area contributed by atoms with Crippen LogP contribution in [0, 0.1) is 5.21 Å². The van der Waals surface area contributed by atoms with Crippen molar-refractivity contribution in [1.82, 2.24) is 5.01 Å². The summed E-state index contributed by atoms with van der Waals surface area (Å²) in [5.74, 6) is 0. The van der Waals surface area contributed by atoms with Crippen molar-refractivity contribution in [3.8, 4) is 0 Å². The maximum atomic E-state index is 11.4. The first-order valence-corrected chi connectivity index (χ1v) is 6.13. The van der Waals surface area contributed by atoms with Crippen LogP contribution in [-0.2, 0) is 11.4 Å². The third kappa shape index (κ3) is 4.57. The Morgan fingerprint density at radius 2 is 1.95 bits per heavy atom. The minimum absolute atomic E-state index is 0. The molecule has 1 N–H and O–H groups in total. The second-order valence-electron chi connectivity index (χ2n) is 4.38. The van der Waals surface area contributed by atoms with Crippen LogP contribution in [0.4, 0.5) is 0 Å². The predicted molar refractivity (Wildman–Crippen MR) is 65.5 cm³/mol. The van der Waals surface area contributed by atoms with Crippen molar-refractivity contribution in [2.75, 3.05) is 33.3 Å². The summed E-state index contributed by atoms with van der Waals surface area (Å²) in [7, 11) is 1.38. The minimum Gasteiger partial charge on any atom is -1.00 e. The van der Waals surface area contributed by atoms with Crippen LogP contribution >= 0.6 is 0 Å². The van der Waals surface area contributed by atoms with E-state index >= 15 is 0 Å². The van der Waals surface area contributed by atoms with Crippen LogP contribution in [0.25, 0.3) is 0 Å². The summed E-state index contributed by atoms with van der Waals surface area (Å²) in [5.41, 5.74) is 1.33. The summed E-state index contributed by atoms with van der Waals surface area (Å²) in [4.78, 5) is 6.50. The monoisotopic (exact) mass is 286 g/mol. The largest absolute Gasteiger partial charge is 1.00 e. The van der Waals surface area contributed by atoms with Crippen molar-refractivity contribution < 1.29 is 27.1 Å². The summed E-state index contributed by atoms with van der Waals surface area (Å²) in [6, 6.07) is 10.4. The van der Waals surface area contributed by atoms with Crippen molar-refractivity contribution in [2.24, 2.45) is 5.28 Å². The fourth-order valence-electron chi connectivity index (χ4n) is 2.17. The van der Waals surface area contributed by atoms with Crippen LogP contribution < -0.4 is 17.3 Å². The number of quaternary nitrogens is 1. The first-order valence-electron chi connectivity index (χ1n) is 6.13. The lowest BCUT2D eigenvalue weighted by atomic mass is 10.2. The zero-order valence-electron chi connectivity index (χ0n) is 11.0. The highest BCUT2D eigenvalue weighted by atomic mass is 35.5. The van der Waals surface area contributed by atoms with Gasteiger partial charge in [-0.05, 0) is 0 Å². The first kappa shape index (κ1) is 15.5. The van der Waals surface area contributed by atoms with Gasteiger partial charge in [-0.3, -0.25) is 0 Å². The van der Waals surface area contributed by atoms with Gasteiger partial charge in [-0.2, -0.15) is 0 Å². The maximum absolute atomic E-state index is 11.4. The number of nitrogens with zero attached hydrogens (tertiary/aromatic N) is 3. The van der Waals surface area contributed by atoms with E-state index in [0.29, 0.717) is 18.1 Å². The highest BCUT2D eigenvalue weighted by Crippen LogP contribution is 1.97. The molecular weight excluding hydrogens is 268 g/mol. The van der Waals surface area contributed by atoms with Crippen LogP contribution in [-0.4, -0.2) is 43.3 Å². The number of nitrogens with one attached hydrogen (secondary N) is 1. The fourth-order valence-corrected chi connectivity index (χ4v) is 2.17. The summed E-state index contributed by atoms with van der Waals surface area (Å²) in [6.07, 6.45) is 0. The molecule has 1 aliphatic heterocycles. The number of piperazine rings is 1. The van der Waals surface area contributed by atoms with Crippen molar-refractivity contribution in [2.45, 2.75) is 6.54 Å². The van der Waals surface area contributed by atoms with E-state index in [-0.39, 0.29) is 12.4 Å². The van der Waals surface area contributed by atoms with Gasteiger partial charge in [0.2, 0.25) is 5.28 Å². The van der Waals surface area contributed by atoms with E-state index in [2.05, 4.69) is 34.4 Å². The van der Waals surface area contributed by atoms with E-state index < -0.39 is 0 Å². The van der Waals surface area contributed by atoms with E-state index in [1.54, 1.807) is 5.01 Å². The zero-order valence-corrected chi connectivity index (χ0v) is 11.7. The van der Waals surface area contributed by atoms with Crippen LogP contribution in [0.1, 0.15) is 5.56 Å². The lowest BCUT2D eigenvalue weighted by Gasteiger charge is -2.28. The summed E-state index contributed by atoms with van der Waals surface area (Å²) in [5, 5.41) is 16.4. The van der Waals surface area contributed by atoms with Gasteiger partial charge in [-0.1, -0.05) is 30.3 Å². The average Bonchev–Trinajstić information content (AvgIpc) is 2.41. The SMILES string of the molecule is CO/N=[N+](\[O-])N1CC[NH+](Cc2ccccc2)CC1.[Cl-]. The molecule has 0 unspecified atom stereocenters. The molecule has 1 aromatic rings. The van der Waals surface area contributed by atoms with Crippen LogP contribution in [0.5, 0.6) is 0 Å². The lowest BCUT2D eigenvalue weighted by Crippen LogP contribution is -3.13. The van der Waals surface area contributed by atoms with Gasteiger partial charge in [-0.25, -0.2) is 0 Å². The van der Waals surface area contributed by atoms with Crippen LogP contribution in [0.15, 0.2) is 35.6 Å². The Kier molecular flexibility index (Phi) is 6.38. The van der Waals surface area contributed by atoms with Gasteiger partial charge in [0.15, 0.2) is 0 Å². The Bertz CT molecular complexity index is 394. The molecule has 1 heterocycles. The number of benzene rings is 1. The van der Waals surface area contributed by atoms with Crippen molar-refractivity contribution in [1.29, 1.82) is 0 Å². The lowest BCUT2D eigenvalue weighted by molar-refractivity contribution is -0.929. The predicted octanol–water partition coefficient (Wildman–Crippen LogP) is -3.17. The van der Waals surface area contributed by atoms with Gasteiger partial charge in [0.25, 0.3) is 0 Å². The molecule has 7 heteroatoms. The highest BCUT2D eigenvalue weighted by Gasteiger charge is 2.24. The second-order valence-corrected chi connectivity index (χ2v) is 4.38. The Morgan fingerprint density at radius 1 is 1.32 bits per heavy atom. The molecule has 0 saturated carbocycles. The van der Waals surface area contributed by atoms with E-state index in [1.165, 1.54) is 17.6 Å². The number of hydrazine groups is 1. The number of hydrogen-bond donors (Lipinski definition) is 1. The van der Waals surface area contributed by atoms with Gasteiger partial charge in [-0.15, -0.1) is 5.01 Å². The highest BCUT2D eigenvalue weighted by molar-refractivity contribution is 5.13. The molecular formula is C12H19ClN4O2. The quantitative estimate of drug-likeness (QED) is 0.361. The summed E-state index contributed by atoms with van der Waals surface area (Å²) >= 11 is 0. The van der Waals surface area contributed by atoms with E-state index in [1.807, 2.05) is 6.07 Å². The molecule has 6 nitrogen and oxygen atoms in total. The molecule has 1 aromatic carbocycles. The van der Waals surface area contributed by atoms with Crippen LogP contribution in [0.3, 0.4) is 0 Å². The van der Waals surface area contributed by atoms with Gasteiger partial charge in [0.05, 0.1) is 4.97 Å². The standard InChI is InChI=1S/C12H18N4O2.ClH/c1-18-13-16(17)15-9-7-14(8-10-15)11-12-5-3-2-4-6-12;/h2-6H,7-11H2,1H3;1H/b16-13-;. The van der Waals surface area contributed by atoms with Crippen LogP contribution in [0.2, 0.25) is 0 Å². The second kappa shape index (κ2) is 7.81. The van der Waals surface area contributed by atoms with Crippen molar-refractivity contribution >= 4 is 0 Å². The third-order valence-corrected chi connectivity index (χ3v) is 3.14. The summed E-state index contributed by atoms with van der Waals surface area (Å²) < 4.78 is 0. The fraction of sp³-hybridized carbons (Fsp3) is 0.500. The normalized spacial score (nSPS) is 16.9. The number of hydrogen-bond acceptors (Lipinski definition) is 3. The molecule has 106 valence electrons. The molecule has 1 fully saturated rings. The number of halogens is 1. The van der Waals surface area contributed by atoms with Gasteiger partial charge >= 0.3 is 0 Å². The average molecular weight is 287 g/mol. The molecule has 1 aliphatic rings. The topological polar surface area (TPSA) is 55.3 Å². The molecule has 0 amide bonds. The molecule has 2 rings (SSSR count). The molecule has 0 bridgehead atoms. The van der Waals surface area contributed by atoms with Crippen molar-refractivity contribution in [3.05, 3.63) is 41.1 Å². The Labute approximate surface area is 119 Å². The van der Waals surface area contributed by atoms with E-state index in [4.69, 9.17) is 0 Å². The van der Waals surface area contributed by atoms with E-state index in [0.717, 1.165) is 19.6 Å². The van der Waals surface area contributed by atoms with E-state index in [9.17, 15) is 5.21 Å². The molecule has 19 heavy (non-hydrogen) atoms. The minimum atomic E-state index is 0. The molecule has 0 aliphatic carbocycles. The Hall–Kier alpha value is -1.53. The van der Waals surface area contributed by atoms with Crippen molar-refractivity contribution in [3.63, 3.8) is 0 Å². The number of rotatable bonds is 4.